The number of imide groups is 1. The van der Waals surface area contributed by atoms with Crippen molar-refractivity contribution in [3.8, 4) is 5.75 Å². The number of esters is 1. The van der Waals surface area contributed by atoms with E-state index in [4.69, 9.17) is 4.74 Å². The molecule has 1 aromatic carbocycles. The van der Waals surface area contributed by atoms with Gasteiger partial charge in [0.05, 0.1) is 0 Å². The molecule has 8 heteroatoms. The van der Waals surface area contributed by atoms with Gasteiger partial charge in [-0.3, -0.25) is 10.1 Å². The highest BCUT2D eigenvalue weighted by atomic mass is 79.9. The van der Waals surface area contributed by atoms with Crippen molar-refractivity contribution in [1.29, 1.82) is 0 Å². The van der Waals surface area contributed by atoms with Crippen LogP contribution in [0.4, 0.5) is 4.79 Å². The molecule has 0 radical (unpaired) electrons. The number of urea groups is 1. The third kappa shape index (κ3) is 5.82. The summed E-state index contributed by atoms with van der Waals surface area (Å²) in [6, 6.07) is 3.59. The highest BCUT2D eigenvalue weighted by Crippen LogP contribution is 2.22. The van der Waals surface area contributed by atoms with Gasteiger partial charge in [-0.15, -0.1) is 0 Å². The number of halogens is 1. The number of ether oxygens (including phenoxy) is 1. The lowest BCUT2D eigenvalue weighted by Crippen LogP contribution is -2.41. The van der Waals surface area contributed by atoms with Crippen LogP contribution < -0.4 is 10.6 Å². The standard InChI is InChI=1S/C13H15BrN2O5/c1-2-5-15-13(20)16-11(18)7-21-12(19)9-6-8(14)3-4-10(9)17/h3-4,6,17H,2,5,7H2,1H3,(H2,15,16,18,20). The zero-order valence-electron chi connectivity index (χ0n) is 11.3. The summed E-state index contributed by atoms with van der Waals surface area (Å²) < 4.78 is 5.30. The van der Waals surface area contributed by atoms with Crippen molar-refractivity contribution < 1.29 is 24.2 Å². The first kappa shape index (κ1) is 17.0. The second-order valence-corrected chi connectivity index (χ2v) is 4.96. The molecule has 114 valence electrons. The topological polar surface area (TPSA) is 105 Å². The van der Waals surface area contributed by atoms with E-state index in [-0.39, 0.29) is 11.3 Å². The summed E-state index contributed by atoms with van der Waals surface area (Å²) in [6.45, 7) is 1.68. The van der Waals surface area contributed by atoms with Crippen LogP contribution in [0.2, 0.25) is 0 Å². The van der Waals surface area contributed by atoms with Crippen LogP contribution in [-0.2, 0) is 9.53 Å². The number of amides is 3. The maximum Gasteiger partial charge on any atom is 0.342 e. The summed E-state index contributed by atoms with van der Waals surface area (Å²) >= 11 is 3.15. The Labute approximate surface area is 129 Å². The first-order chi connectivity index (χ1) is 9.93. The summed E-state index contributed by atoms with van der Waals surface area (Å²) in [5.74, 6) is -1.88. The lowest BCUT2D eigenvalue weighted by Gasteiger charge is -2.07. The summed E-state index contributed by atoms with van der Waals surface area (Å²) in [5, 5.41) is 14.0. The molecule has 0 unspecified atom stereocenters. The molecule has 0 aliphatic carbocycles. The summed E-state index contributed by atoms with van der Waals surface area (Å²) in [7, 11) is 0. The number of phenols is 1. The van der Waals surface area contributed by atoms with Gasteiger partial charge in [0.15, 0.2) is 6.61 Å². The molecule has 1 aromatic rings. The smallest absolute Gasteiger partial charge is 0.342 e. The highest BCUT2D eigenvalue weighted by molar-refractivity contribution is 9.10. The Morgan fingerprint density at radius 1 is 1.33 bits per heavy atom. The van der Waals surface area contributed by atoms with Gasteiger partial charge >= 0.3 is 12.0 Å². The van der Waals surface area contributed by atoms with Gasteiger partial charge in [-0.1, -0.05) is 22.9 Å². The molecule has 0 aromatic heterocycles. The van der Waals surface area contributed by atoms with Crippen LogP contribution in [0.5, 0.6) is 5.75 Å². The van der Waals surface area contributed by atoms with E-state index in [2.05, 4.69) is 21.2 Å². The van der Waals surface area contributed by atoms with E-state index in [1.54, 1.807) is 6.07 Å². The quantitative estimate of drug-likeness (QED) is 0.692. The Morgan fingerprint density at radius 2 is 2.05 bits per heavy atom. The van der Waals surface area contributed by atoms with Gasteiger partial charge in [-0.2, -0.15) is 0 Å². The molecule has 0 saturated carbocycles. The zero-order valence-corrected chi connectivity index (χ0v) is 12.9. The molecular formula is C13H15BrN2O5. The molecule has 0 spiro atoms. The van der Waals surface area contributed by atoms with E-state index < -0.39 is 24.5 Å². The van der Waals surface area contributed by atoms with Gasteiger partial charge in [-0.25, -0.2) is 9.59 Å². The molecule has 0 aliphatic heterocycles. The van der Waals surface area contributed by atoms with Crippen molar-refractivity contribution in [3.05, 3.63) is 28.2 Å². The number of carbonyl (C=O) groups is 3. The summed E-state index contributed by atoms with van der Waals surface area (Å²) in [4.78, 5) is 34.3. The third-order valence-electron chi connectivity index (χ3n) is 2.30. The predicted octanol–water partition coefficient (Wildman–Crippen LogP) is 1.55. The first-order valence-corrected chi connectivity index (χ1v) is 6.96. The van der Waals surface area contributed by atoms with Crippen molar-refractivity contribution in [1.82, 2.24) is 10.6 Å². The molecule has 0 heterocycles. The van der Waals surface area contributed by atoms with Crippen LogP contribution in [0.3, 0.4) is 0 Å². The number of hydrogen-bond donors (Lipinski definition) is 3. The molecular weight excluding hydrogens is 344 g/mol. The van der Waals surface area contributed by atoms with Crippen LogP contribution in [0, 0.1) is 0 Å². The molecule has 0 bridgehead atoms. The molecule has 3 N–H and O–H groups in total. The number of aromatic hydroxyl groups is 1. The number of benzene rings is 1. The van der Waals surface area contributed by atoms with Gasteiger partial charge in [0.2, 0.25) is 0 Å². The minimum Gasteiger partial charge on any atom is -0.507 e. The Balaban J connectivity index is 2.47. The van der Waals surface area contributed by atoms with Crippen molar-refractivity contribution in [2.45, 2.75) is 13.3 Å². The largest absolute Gasteiger partial charge is 0.507 e. The van der Waals surface area contributed by atoms with Crippen LogP contribution in [0.25, 0.3) is 0 Å². The fraction of sp³-hybridized carbons (Fsp3) is 0.308. The van der Waals surface area contributed by atoms with E-state index in [9.17, 15) is 19.5 Å². The average Bonchev–Trinajstić information content (AvgIpc) is 2.45. The fourth-order valence-corrected chi connectivity index (χ4v) is 1.69. The summed E-state index contributed by atoms with van der Waals surface area (Å²) in [6.07, 6.45) is 0.735. The molecule has 0 fully saturated rings. The second-order valence-electron chi connectivity index (χ2n) is 4.04. The van der Waals surface area contributed by atoms with Crippen molar-refractivity contribution >= 4 is 33.8 Å². The fourth-order valence-electron chi connectivity index (χ4n) is 1.33. The molecule has 0 atom stereocenters. The lowest BCUT2D eigenvalue weighted by atomic mass is 10.2. The Kier molecular flexibility index (Phi) is 6.67. The Bertz CT molecular complexity index is 547. The molecule has 0 saturated heterocycles. The Hall–Kier alpha value is -2.09. The molecule has 21 heavy (non-hydrogen) atoms. The maximum atomic E-state index is 11.7. The normalized spacial score (nSPS) is 9.81. The third-order valence-corrected chi connectivity index (χ3v) is 2.79. The second kappa shape index (κ2) is 8.25. The highest BCUT2D eigenvalue weighted by Gasteiger charge is 2.15. The first-order valence-electron chi connectivity index (χ1n) is 6.17. The maximum absolute atomic E-state index is 11.7. The summed E-state index contributed by atoms with van der Waals surface area (Å²) in [5.41, 5.74) is -0.0763. The van der Waals surface area contributed by atoms with E-state index in [1.807, 2.05) is 12.2 Å². The van der Waals surface area contributed by atoms with Gasteiger partial charge in [-0.05, 0) is 24.6 Å². The van der Waals surface area contributed by atoms with E-state index in [0.717, 1.165) is 6.42 Å². The minimum absolute atomic E-state index is 0.0763. The molecule has 3 amide bonds. The van der Waals surface area contributed by atoms with E-state index in [0.29, 0.717) is 11.0 Å². The minimum atomic E-state index is -0.863. The number of nitrogens with one attached hydrogen (secondary N) is 2. The van der Waals surface area contributed by atoms with E-state index >= 15 is 0 Å². The van der Waals surface area contributed by atoms with Crippen molar-refractivity contribution in [2.24, 2.45) is 0 Å². The average molecular weight is 359 g/mol. The number of phenolic OH excluding ortho intramolecular Hbond substituents is 1. The number of hydrogen-bond acceptors (Lipinski definition) is 5. The Morgan fingerprint density at radius 3 is 2.71 bits per heavy atom. The van der Waals surface area contributed by atoms with Crippen LogP contribution in [0.1, 0.15) is 23.7 Å². The van der Waals surface area contributed by atoms with Gasteiger partial charge in [0.1, 0.15) is 11.3 Å². The van der Waals surface area contributed by atoms with Gasteiger partial charge in [0.25, 0.3) is 5.91 Å². The van der Waals surface area contributed by atoms with Gasteiger partial charge < -0.3 is 15.2 Å². The molecule has 1 rings (SSSR count). The SMILES string of the molecule is CCCNC(=O)NC(=O)COC(=O)c1cc(Br)ccc1O. The van der Waals surface area contributed by atoms with E-state index in [1.165, 1.54) is 12.1 Å². The zero-order chi connectivity index (χ0) is 15.8. The number of carbonyl (C=O) groups excluding carboxylic acids is 3. The predicted molar refractivity (Wildman–Crippen MR) is 77.9 cm³/mol. The van der Waals surface area contributed by atoms with Crippen LogP contribution >= 0.6 is 15.9 Å². The van der Waals surface area contributed by atoms with Crippen LogP contribution in [-0.4, -0.2) is 36.2 Å². The van der Waals surface area contributed by atoms with Crippen molar-refractivity contribution in [2.75, 3.05) is 13.2 Å². The lowest BCUT2D eigenvalue weighted by molar-refractivity contribution is -0.123. The van der Waals surface area contributed by atoms with Crippen LogP contribution in [0.15, 0.2) is 22.7 Å². The van der Waals surface area contributed by atoms with Crippen molar-refractivity contribution in [3.63, 3.8) is 0 Å². The monoisotopic (exact) mass is 358 g/mol. The van der Waals surface area contributed by atoms with Gasteiger partial charge in [0, 0.05) is 11.0 Å². The molecule has 0 aliphatic rings. The number of rotatable bonds is 5. The molecule has 7 nitrogen and oxygen atoms in total.